The molecule has 1 aromatic heterocycles. The lowest BCUT2D eigenvalue weighted by Crippen LogP contribution is -2.39. The average molecular weight is 387 g/mol. The van der Waals surface area contributed by atoms with E-state index in [0.717, 1.165) is 5.56 Å². The first-order chi connectivity index (χ1) is 12.9. The number of fused-ring (bicyclic) bond motifs is 1. The molecule has 0 N–H and O–H groups in total. The summed E-state index contributed by atoms with van der Waals surface area (Å²) < 4.78 is 20.4. The molecule has 142 valence electrons. The van der Waals surface area contributed by atoms with Crippen LogP contribution in [0.25, 0.3) is 10.2 Å². The Labute approximate surface area is 162 Å². The van der Waals surface area contributed by atoms with E-state index in [4.69, 9.17) is 4.74 Å². The normalized spacial score (nSPS) is 11.1. The van der Waals surface area contributed by atoms with Crippen molar-refractivity contribution in [3.63, 3.8) is 0 Å². The number of hydrogen-bond acceptors (Lipinski definition) is 5. The van der Waals surface area contributed by atoms with Crippen molar-refractivity contribution in [2.24, 2.45) is 0 Å². The molecule has 0 spiro atoms. The van der Waals surface area contributed by atoms with Crippen molar-refractivity contribution < 1.29 is 13.9 Å². The van der Waals surface area contributed by atoms with Gasteiger partial charge in [-0.15, -0.1) is 0 Å². The second kappa shape index (κ2) is 8.45. The summed E-state index contributed by atoms with van der Waals surface area (Å²) in [7, 11) is 3.87. The van der Waals surface area contributed by atoms with Crippen molar-refractivity contribution in [3.8, 4) is 5.75 Å². The summed E-state index contributed by atoms with van der Waals surface area (Å²) in [5.41, 5.74) is 1.35. The molecule has 1 amide bonds. The Hall–Kier alpha value is -2.51. The number of halogens is 1. The molecular weight excluding hydrogens is 365 g/mol. The Morgan fingerprint density at radius 3 is 2.67 bits per heavy atom. The standard InChI is InChI=1S/C20H22FN3O2S/c1-14-6-4-7-15(12-14)26-13-18(25)24(11-10-23(2)3)20-22-19-16(21)8-5-9-17(19)27-20/h4-9,12H,10-11,13H2,1-3H3. The van der Waals surface area contributed by atoms with Crippen LogP contribution in [-0.2, 0) is 4.79 Å². The maximum atomic E-state index is 14.0. The highest BCUT2D eigenvalue weighted by Gasteiger charge is 2.21. The van der Waals surface area contributed by atoms with Crippen LogP contribution in [0.5, 0.6) is 5.75 Å². The molecule has 27 heavy (non-hydrogen) atoms. The number of aryl methyl sites for hydroxylation is 1. The Kier molecular flexibility index (Phi) is 6.03. The van der Waals surface area contributed by atoms with Crippen molar-refractivity contribution in [2.45, 2.75) is 6.92 Å². The van der Waals surface area contributed by atoms with Crippen molar-refractivity contribution in [2.75, 3.05) is 38.7 Å². The minimum absolute atomic E-state index is 0.102. The van der Waals surface area contributed by atoms with E-state index in [0.29, 0.717) is 34.2 Å². The minimum atomic E-state index is -0.383. The number of carbonyl (C=O) groups excluding carboxylic acids is 1. The van der Waals surface area contributed by atoms with E-state index in [-0.39, 0.29) is 18.3 Å². The second-order valence-electron chi connectivity index (χ2n) is 6.54. The third kappa shape index (κ3) is 4.81. The molecule has 0 aliphatic heterocycles. The predicted octanol–water partition coefficient (Wildman–Crippen LogP) is 3.72. The van der Waals surface area contributed by atoms with E-state index in [2.05, 4.69) is 4.98 Å². The number of likely N-dealkylation sites (N-methyl/N-ethyl adjacent to an activating group) is 1. The van der Waals surface area contributed by atoms with Crippen LogP contribution in [0.1, 0.15) is 5.56 Å². The van der Waals surface area contributed by atoms with E-state index in [1.807, 2.05) is 50.2 Å². The van der Waals surface area contributed by atoms with Gasteiger partial charge < -0.3 is 9.64 Å². The molecule has 7 heteroatoms. The Balaban J connectivity index is 1.80. The highest BCUT2D eigenvalue weighted by Crippen LogP contribution is 2.30. The van der Waals surface area contributed by atoms with E-state index in [9.17, 15) is 9.18 Å². The van der Waals surface area contributed by atoms with Crippen molar-refractivity contribution in [1.29, 1.82) is 0 Å². The maximum absolute atomic E-state index is 14.0. The number of ether oxygens (including phenoxy) is 1. The molecule has 0 atom stereocenters. The van der Waals surface area contributed by atoms with Gasteiger partial charge in [-0.25, -0.2) is 9.37 Å². The highest BCUT2D eigenvalue weighted by atomic mass is 32.1. The van der Waals surface area contributed by atoms with Crippen molar-refractivity contribution >= 4 is 32.6 Å². The van der Waals surface area contributed by atoms with Gasteiger partial charge in [-0.3, -0.25) is 9.69 Å². The van der Waals surface area contributed by atoms with Gasteiger partial charge in [0.2, 0.25) is 0 Å². The van der Waals surface area contributed by atoms with Crippen LogP contribution in [0.15, 0.2) is 42.5 Å². The molecule has 0 saturated carbocycles. The maximum Gasteiger partial charge on any atom is 0.266 e. The molecule has 0 unspecified atom stereocenters. The van der Waals surface area contributed by atoms with Crippen LogP contribution in [0.4, 0.5) is 9.52 Å². The average Bonchev–Trinajstić information content (AvgIpc) is 3.05. The lowest BCUT2D eigenvalue weighted by atomic mass is 10.2. The lowest BCUT2D eigenvalue weighted by Gasteiger charge is -2.22. The zero-order chi connectivity index (χ0) is 19.4. The van der Waals surface area contributed by atoms with Gasteiger partial charge in [-0.2, -0.15) is 0 Å². The largest absolute Gasteiger partial charge is 0.484 e. The molecule has 0 fully saturated rings. The highest BCUT2D eigenvalue weighted by molar-refractivity contribution is 7.22. The van der Waals surface area contributed by atoms with Crippen LogP contribution in [0.2, 0.25) is 0 Å². The van der Waals surface area contributed by atoms with Gasteiger partial charge in [-0.1, -0.05) is 29.5 Å². The molecule has 0 radical (unpaired) electrons. The zero-order valence-corrected chi connectivity index (χ0v) is 16.4. The summed E-state index contributed by atoms with van der Waals surface area (Å²) in [6.45, 7) is 2.97. The van der Waals surface area contributed by atoms with E-state index in [1.165, 1.54) is 17.4 Å². The van der Waals surface area contributed by atoms with Crippen molar-refractivity contribution in [3.05, 3.63) is 53.8 Å². The van der Waals surface area contributed by atoms with Crippen LogP contribution in [-0.4, -0.2) is 49.6 Å². The number of hydrogen-bond donors (Lipinski definition) is 0. The first kappa shape index (κ1) is 19.3. The van der Waals surface area contributed by atoms with Gasteiger partial charge in [0.15, 0.2) is 11.7 Å². The fourth-order valence-electron chi connectivity index (χ4n) is 2.57. The molecule has 0 saturated heterocycles. The topological polar surface area (TPSA) is 45.7 Å². The number of nitrogens with zero attached hydrogens (tertiary/aromatic N) is 3. The SMILES string of the molecule is Cc1cccc(OCC(=O)N(CCN(C)C)c2nc3c(F)cccc3s2)c1. The van der Waals surface area contributed by atoms with Gasteiger partial charge in [0.05, 0.1) is 4.70 Å². The quantitative estimate of drug-likeness (QED) is 0.620. The Morgan fingerprint density at radius 2 is 1.96 bits per heavy atom. The van der Waals surface area contributed by atoms with Crippen LogP contribution >= 0.6 is 11.3 Å². The molecule has 3 rings (SSSR count). The second-order valence-corrected chi connectivity index (χ2v) is 7.55. The number of benzene rings is 2. The lowest BCUT2D eigenvalue weighted by molar-refractivity contribution is -0.120. The zero-order valence-electron chi connectivity index (χ0n) is 15.6. The van der Waals surface area contributed by atoms with Crippen LogP contribution < -0.4 is 9.64 Å². The molecule has 3 aromatic rings. The van der Waals surface area contributed by atoms with E-state index < -0.39 is 0 Å². The van der Waals surface area contributed by atoms with Gasteiger partial charge in [-0.05, 0) is 50.8 Å². The molecular formula is C20H22FN3O2S. The number of aromatic nitrogens is 1. The summed E-state index contributed by atoms with van der Waals surface area (Å²) in [5, 5.41) is 0.481. The van der Waals surface area contributed by atoms with Crippen molar-refractivity contribution in [1.82, 2.24) is 9.88 Å². The first-order valence-corrected chi connectivity index (χ1v) is 9.45. The van der Waals surface area contributed by atoms with Crippen LogP contribution in [0, 0.1) is 12.7 Å². The van der Waals surface area contributed by atoms with Crippen LogP contribution in [0.3, 0.4) is 0 Å². The van der Waals surface area contributed by atoms with Gasteiger partial charge in [0.1, 0.15) is 17.1 Å². The molecule has 1 heterocycles. The molecule has 0 bridgehead atoms. The summed E-state index contributed by atoms with van der Waals surface area (Å²) in [5.74, 6) is 0.0510. The Morgan fingerprint density at radius 1 is 1.19 bits per heavy atom. The fourth-order valence-corrected chi connectivity index (χ4v) is 3.60. The monoisotopic (exact) mass is 387 g/mol. The third-order valence-corrected chi connectivity index (χ3v) is 5.06. The summed E-state index contributed by atoms with van der Waals surface area (Å²) in [4.78, 5) is 20.7. The number of rotatable bonds is 7. The molecule has 2 aromatic carbocycles. The summed E-state index contributed by atoms with van der Waals surface area (Å²) >= 11 is 1.30. The molecule has 0 aliphatic carbocycles. The predicted molar refractivity (Wildman–Crippen MR) is 107 cm³/mol. The van der Waals surface area contributed by atoms with E-state index >= 15 is 0 Å². The van der Waals surface area contributed by atoms with Gasteiger partial charge >= 0.3 is 0 Å². The number of para-hydroxylation sites is 1. The third-order valence-electron chi connectivity index (χ3n) is 4.01. The molecule has 0 aliphatic rings. The summed E-state index contributed by atoms with van der Waals surface area (Å²) in [6, 6.07) is 12.4. The number of thiazole rings is 1. The Bertz CT molecular complexity index is 942. The van der Waals surface area contributed by atoms with Gasteiger partial charge in [0, 0.05) is 13.1 Å². The fraction of sp³-hybridized carbons (Fsp3) is 0.300. The first-order valence-electron chi connectivity index (χ1n) is 8.63. The number of amides is 1. The number of anilines is 1. The van der Waals surface area contributed by atoms with E-state index in [1.54, 1.807) is 17.0 Å². The van der Waals surface area contributed by atoms with Gasteiger partial charge in [0.25, 0.3) is 5.91 Å². The number of carbonyl (C=O) groups is 1. The molecule has 5 nitrogen and oxygen atoms in total. The smallest absolute Gasteiger partial charge is 0.266 e. The summed E-state index contributed by atoms with van der Waals surface area (Å²) in [6.07, 6.45) is 0. The minimum Gasteiger partial charge on any atom is -0.484 e.